The Kier molecular flexibility index (Phi) is 31.0. The number of carbonyl (C=O) groups excluding carboxylic acids is 4. The fourth-order valence-electron chi connectivity index (χ4n) is 5.09. The number of nitrogens with two attached hydrogens (primary N) is 1. The van der Waals surface area contributed by atoms with Gasteiger partial charge in [0.05, 0.1) is 25.1 Å². The van der Waals surface area contributed by atoms with Crippen LogP contribution < -0.4 is 21.7 Å². The van der Waals surface area contributed by atoms with Crippen LogP contribution in [0.25, 0.3) is 0 Å². The van der Waals surface area contributed by atoms with Gasteiger partial charge in [-0.05, 0) is 49.7 Å². The van der Waals surface area contributed by atoms with Crippen LogP contribution in [0.15, 0.2) is 65.7 Å². The average molecular weight is 728 g/mol. The maximum Gasteiger partial charge on any atom is 0.414 e. The molecule has 2 amide bonds. The molecule has 2 rings (SSSR count). The number of rotatable bonds is 24. The Balaban J connectivity index is 0.00000627. The Morgan fingerprint density at radius 2 is 1.33 bits per heavy atom. The van der Waals surface area contributed by atoms with Gasteiger partial charge in [-0.2, -0.15) is 0 Å². The first kappa shape index (κ1) is 47.7. The van der Waals surface area contributed by atoms with E-state index >= 15 is 0 Å². The molecule has 0 aliphatic heterocycles. The summed E-state index contributed by atoms with van der Waals surface area (Å²) < 4.78 is 10.9. The number of ether oxygens (including phenoxy) is 2. The van der Waals surface area contributed by atoms with Crippen molar-refractivity contribution in [2.45, 2.75) is 117 Å². The monoisotopic (exact) mass is 727 g/mol. The number of benzene rings is 2. The lowest BCUT2D eigenvalue weighted by atomic mass is 9.95. The number of esters is 1. The van der Waals surface area contributed by atoms with Crippen molar-refractivity contribution in [2.24, 2.45) is 16.6 Å². The number of guanidine groups is 1. The van der Waals surface area contributed by atoms with Crippen LogP contribution in [-0.2, 0) is 37.0 Å². The van der Waals surface area contributed by atoms with Gasteiger partial charge in [0.15, 0.2) is 0 Å². The summed E-state index contributed by atoms with van der Waals surface area (Å²) in [5, 5.41) is 15.7. The molecule has 0 bridgehead atoms. The molecule has 2 unspecified atom stereocenters. The highest BCUT2D eigenvalue weighted by molar-refractivity contribution is 5.94. The van der Waals surface area contributed by atoms with E-state index in [0.717, 1.165) is 76.0 Å². The average Bonchev–Trinajstić information content (AvgIpc) is 3.18. The molecule has 0 radical (unpaired) electrons. The molecule has 0 saturated carbocycles. The molecule has 0 heterocycles. The normalized spacial score (nSPS) is 11.8. The summed E-state index contributed by atoms with van der Waals surface area (Å²) in [6.45, 7) is 8.16. The lowest BCUT2D eigenvalue weighted by Gasteiger charge is -2.16. The molecule has 12 heteroatoms. The van der Waals surface area contributed by atoms with E-state index < -0.39 is 12.1 Å². The third-order valence-corrected chi connectivity index (χ3v) is 8.04. The molecule has 12 nitrogen and oxygen atoms in total. The van der Waals surface area contributed by atoms with E-state index in [-0.39, 0.29) is 30.4 Å². The first-order chi connectivity index (χ1) is 25.4. The lowest BCUT2D eigenvalue weighted by molar-refractivity contribution is -0.149. The van der Waals surface area contributed by atoms with Crippen LogP contribution in [0, 0.1) is 5.92 Å². The summed E-state index contributed by atoms with van der Waals surface area (Å²) in [5.74, 6) is 0.0192. The van der Waals surface area contributed by atoms with Crippen LogP contribution in [0.2, 0.25) is 0 Å². The fourth-order valence-corrected chi connectivity index (χ4v) is 5.09. The van der Waals surface area contributed by atoms with Crippen molar-refractivity contribution in [3.05, 3.63) is 71.8 Å². The molecule has 0 aliphatic rings. The van der Waals surface area contributed by atoms with E-state index in [1.54, 1.807) is 0 Å². The molecule has 0 spiro atoms. The van der Waals surface area contributed by atoms with Gasteiger partial charge in [-0.25, -0.2) is 9.79 Å². The van der Waals surface area contributed by atoms with Crippen molar-refractivity contribution in [3.8, 4) is 0 Å². The highest BCUT2D eigenvalue weighted by Gasteiger charge is 2.19. The van der Waals surface area contributed by atoms with Gasteiger partial charge >= 0.3 is 12.1 Å². The maximum absolute atomic E-state index is 12.6. The minimum absolute atomic E-state index is 0.0299. The Hall–Kier alpha value is -4.29. The molecule has 52 heavy (non-hydrogen) atoms. The molecule has 2 aromatic carbocycles. The van der Waals surface area contributed by atoms with Crippen LogP contribution in [0.5, 0.6) is 0 Å². The summed E-state index contributed by atoms with van der Waals surface area (Å²) >= 11 is 0. The predicted molar refractivity (Wildman–Crippen MR) is 207 cm³/mol. The molecule has 6 N–H and O–H groups in total. The third kappa shape index (κ3) is 24.8. The largest absolute Gasteiger partial charge is 0.465 e. The summed E-state index contributed by atoms with van der Waals surface area (Å²) in [7, 11) is 1.00. The standard InChI is InChI=1S/C38H59N5O5.CH4O.CH2O/c1-3-5-7-16-24-33(23-6-4-2)36(45)47-28-18-9-8-17-26-40-35(44)34(39)25-27-41-37(42-29-31-19-12-10-13-20-31)43-38(46)48-30-32-21-14-11-15-22-32;2*1-2/h10-15,19-22,33-34H,3-9,16-18,23-30,39H2,1-2H3,(H,40,44)(H2,41,42,43,46);2H,1H3;1H2. The quantitative estimate of drug-likeness (QED) is 0.0364. The first-order valence-corrected chi connectivity index (χ1v) is 18.7. The van der Waals surface area contributed by atoms with Crippen LogP contribution in [0.3, 0.4) is 0 Å². The molecule has 0 aliphatic carbocycles. The van der Waals surface area contributed by atoms with Crippen molar-refractivity contribution in [3.63, 3.8) is 0 Å². The zero-order valence-corrected chi connectivity index (χ0v) is 31.8. The summed E-state index contributed by atoms with van der Waals surface area (Å²) in [6.07, 6.45) is 11.9. The van der Waals surface area contributed by atoms with Crippen molar-refractivity contribution < 1.29 is 33.8 Å². The second-order valence-corrected chi connectivity index (χ2v) is 12.2. The third-order valence-electron chi connectivity index (χ3n) is 8.04. The van der Waals surface area contributed by atoms with E-state index in [0.29, 0.717) is 32.7 Å². The minimum atomic E-state index is -0.708. The van der Waals surface area contributed by atoms with Crippen molar-refractivity contribution in [1.82, 2.24) is 16.0 Å². The van der Waals surface area contributed by atoms with E-state index in [1.807, 2.05) is 67.5 Å². The van der Waals surface area contributed by atoms with Gasteiger partial charge < -0.3 is 35.7 Å². The zero-order chi connectivity index (χ0) is 38.7. The number of aliphatic imine (C=N–C) groups is 1. The summed E-state index contributed by atoms with van der Waals surface area (Å²) in [4.78, 5) is 50.1. The number of aliphatic hydroxyl groups is 1. The summed E-state index contributed by atoms with van der Waals surface area (Å²) in [6, 6.07) is 18.4. The van der Waals surface area contributed by atoms with Crippen molar-refractivity contribution in [2.75, 3.05) is 26.8 Å². The topological polar surface area (TPSA) is 181 Å². The maximum atomic E-state index is 12.6. The van der Waals surface area contributed by atoms with E-state index in [1.165, 1.54) is 19.3 Å². The van der Waals surface area contributed by atoms with Crippen LogP contribution in [0.1, 0.15) is 108 Å². The highest BCUT2D eigenvalue weighted by Crippen LogP contribution is 2.19. The van der Waals surface area contributed by atoms with Gasteiger partial charge in [0.1, 0.15) is 13.4 Å². The molecule has 0 fully saturated rings. The van der Waals surface area contributed by atoms with Gasteiger partial charge in [0, 0.05) is 20.2 Å². The van der Waals surface area contributed by atoms with E-state index in [9.17, 15) is 14.4 Å². The van der Waals surface area contributed by atoms with Gasteiger partial charge in [-0.3, -0.25) is 14.9 Å². The number of nitrogens with zero attached hydrogens (tertiary/aromatic N) is 1. The smallest absolute Gasteiger partial charge is 0.414 e. The molecule has 2 atom stereocenters. The van der Waals surface area contributed by atoms with Crippen molar-refractivity contribution >= 4 is 30.7 Å². The number of amides is 2. The SMILES string of the molecule is C=O.CCCCCCC(CCCC)C(=O)OCCCCCCNC(=O)C(N)CCNC(=NCc1ccccc1)NC(=O)OCc1ccccc1.CO. The molecule has 292 valence electrons. The number of hydrogen-bond donors (Lipinski definition) is 5. The Bertz CT molecular complexity index is 1200. The fraction of sp³-hybridized carbons (Fsp3) is 0.575. The van der Waals surface area contributed by atoms with Crippen LogP contribution >= 0.6 is 0 Å². The number of nitrogens with one attached hydrogen (secondary N) is 3. The number of carbonyl (C=O) groups is 4. The Morgan fingerprint density at radius 1 is 0.731 bits per heavy atom. The number of alkyl carbamates (subject to hydrolysis) is 1. The van der Waals surface area contributed by atoms with Crippen molar-refractivity contribution in [1.29, 1.82) is 0 Å². The molecular formula is C40H65N5O7. The zero-order valence-electron chi connectivity index (χ0n) is 31.8. The van der Waals surface area contributed by atoms with Gasteiger partial charge in [0.25, 0.3) is 0 Å². The summed E-state index contributed by atoms with van der Waals surface area (Å²) in [5.41, 5.74) is 8.00. The molecule has 2 aromatic rings. The van der Waals surface area contributed by atoms with Gasteiger partial charge in [-0.1, -0.05) is 119 Å². The van der Waals surface area contributed by atoms with E-state index in [4.69, 9.17) is 25.1 Å². The highest BCUT2D eigenvalue weighted by atomic mass is 16.5. The van der Waals surface area contributed by atoms with E-state index in [2.05, 4.69) is 34.8 Å². The van der Waals surface area contributed by atoms with Gasteiger partial charge in [-0.15, -0.1) is 0 Å². The first-order valence-electron chi connectivity index (χ1n) is 18.7. The second kappa shape index (κ2) is 33.8. The van der Waals surface area contributed by atoms with Crippen LogP contribution in [0.4, 0.5) is 4.79 Å². The molecule has 0 saturated heterocycles. The molecular weight excluding hydrogens is 662 g/mol. The Morgan fingerprint density at radius 3 is 1.98 bits per heavy atom. The predicted octanol–water partition coefficient (Wildman–Crippen LogP) is 6.20. The number of aliphatic hydroxyl groups excluding tert-OH is 1. The second-order valence-electron chi connectivity index (χ2n) is 12.2. The Labute approximate surface area is 311 Å². The minimum Gasteiger partial charge on any atom is -0.465 e. The van der Waals surface area contributed by atoms with Crippen LogP contribution in [-0.4, -0.2) is 68.7 Å². The number of hydrogen-bond acceptors (Lipinski definition) is 9. The number of unbranched alkanes of at least 4 members (excludes halogenated alkanes) is 7. The molecule has 0 aromatic heterocycles. The van der Waals surface area contributed by atoms with Gasteiger partial charge in [0.2, 0.25) is 11.9 Å². The lowest BCUT2D eigenvalue weighted by Crippen LogP contribution is -2.46.